The molecular formula is C16H23N5O. The molecule has 118 valence electrons. The lowest BCUT2D eigenvalue weighted by atomic mass is 10.2. The highest BCUT2D eigenvalue weighted by Crippen LogP contribution is 2.16. The van der Waals surface area contributed by atoms with Crippen LogP contribution in [0.3, 0.4) is 0 Å². The van der Waals surface area contributed by atoms with E-state index in [-0.39, 0.29) is 11.8 Å². The van der Waals surface area contributed by atoms with E-state index in [0.29, 0.717) is 11.5 Å². The van der Waals surface area contributed by atoms with E-state index in [9.17, 15) is 4.79 Å². The van der Waals surface area contributed by atoms with Crippen LogP contribution in [-0.4, -0.2) is 34.3 Å². The van der Waals surface area contributed by atoms with Crippen molar-refractivity contribution in [1.82, 2.24) is 14.8 Å². The first kappa shape index (κ1) is 16.0. The number of amides is 1. The van der Waals surface area contributed by atoms with Crippen molar-refractivity contribution in [3.8, 4) is 0 Å². The highest BCUT2D eigenvalue weighted by atomic mass is 16.1. The molecule has 0 fully saturated rings. The number of benzene rings is 1. The maximum Gasteiger partial charge on any atom is 0.258 e. The average molecular weight is 301 g/mol. The summed E-state index contributed by atoms with van der Waals surface area (Å²) in [6, 6.07) is 7.51. The predicted molar refractivity (Wildman–Crippen MR) is 88.4 cm³/mol. The van der Waals surface area contributed by atoms with Crippen molar-refractivity contribution in [1.29, 1.82) is 0 Å². The van der Waals surface area contributed by atoms with E-state index in [0.717, 1.165) is 18.1 Å². The Morgan fingerprint density at radius 2 is 1.95 bits per heavy atom. The van der Waals surface area contributed by atoms with E-state index in [1.54, 1.807) is 11.7 Å². The number of nitrogens with one attached hydrogen (secondary N) is 1. The molecule has 6 nitrogen and oxygen atoms in total. The minimum absolute atomic E-state index is 0.184. The summed E-state index contributed by atoms with van der Waals surface area (Å²) in [6.07, 6.45) is 0. The van der Waals surface area contributed by atoms with Gasteiger partial charge in [0.2, 0.25) is 5.95 Å². The van der Waals surface area contributed by atoms with E-state index in [4.69, 9.17) is 0 Å². The van der Waals surface area contributed by atoms with Crippen molar-refractivity contribution >= 4 is 17.5 Å². The van der Waals surface area contributed by atoms with Crippen LogP contribution in [0.15, 0.2) is 24.3 Å². The van der Waals surface area contributed by atoms with Gasteiger partial charge >= 0.3 is 0 Å². The zero-order chi connectivity index (χ0) is 16.3. The number of aromatic nitrogens is 3. The van der Waals surface area contributed by atoms with Crippen LogP contribution < -0.4 is 10.2 Å². The Hall–Kier alpha value is -2.37. The molecule has 0 bridgehead atoms. The monoisotopic (exact) mass is 301 g/mol. The maximum absolute atomic E-state index is 12.3. The van der Waals surface area contributed by atoms with Gasteiger partial charge in [-0.3, -0.25) is 10.1 Å². The fourth-order valence-corrected chi connectivity index (χ4v) is 1.98. The van der Waals surface area contributed by atoms with E-state index in [1.807, 2.05) is 45.2 Å². The number of aryl methyl sites for hydroxylation is 1. The van der Waals surface area contributed by atoms with E-state index in [1.165, 1.54) is 0 Å². The van der Waals surface area contributed by atoms with Crippen LogP contribution in [0, 0.1) is 0 Å². The molecule has 0 spiro atoms. The number of carbonyl (C=O) groups excluding carboxylic acids is 1. The molecule has 1 heterocycles. The minimum atomic E-state index is -0.184. The number of rotatable bonds is 5. The summed E-state index contributed by atoms with van der Waals surface area (Å²) in [5, 5.41) is 7.09. The van der Waals surface area contributed by atoms with E-state index >= 15 is 0 Å². The Morgan fingerprint density at radius 3 is 2.45 bits per heavy atom. The second-order valence-electron chi connectivity index (χ2n) is 5.59. The lowest BCUT2D eigenvalue weighted by molar-refractivity contribution is 0.102. The Balaban J connectivity index is 2.12. The van der Waals surface area contributed by atoms with Crippen LogP contribution in [0.2, 0.25) is 0 Å². The molecule has 0 aliphatic rings. The summed E-state index contributed by atoms with van der Waals surface area (Å²) in [5.74, 6) is 1.22. The van der Waals surface area contributed by atoms with E-state index in [2.05, 4.69) is 27.2 Å². The lowest BCUT2D eigenvalue weighted by Crippen LogP contribution is -2.17. The van der Waals surface area contributed by atoms with Crippen LogP contribution in [0.4, 0.5) is 11.6 Å². The molecule has 2 aromatic rings. The van der Waals surface area contributed by atoms with Gasteiger partial charge in [0.15, 0.2) is 5.82 Å². The summed E-state index contributed by atoms with van der Waals surface area (Å²) < 4.78 is 1.59. The van der Waals surface area contributed by atoms with Crippen molar-refractivity contribution < 1.29 is 4.79 Å². The summed E-state index contributed by atoms with van der Waals surface area (Å²) in [6.45, 7) is 7.04. The normalized spacial score (nSPS) is 10.8. The van der Waals surface area contributed by atoms with Crippen LogP contribution >= 0.6 is 0 Å². The summed E-state index contributed by atoms with van der Waals surface area (Å²) >= 11 is 0. The highest BCUT2D eigenvalue weighted by Gasteiger charge is 2.14. The number of anilines is 2. The molecular weight excluding hydrogens is 278 g/mol. The fraction of sp³-hybridized carbons (Fsp3) is 0.438. The Morgan fingerprint density at radius 1 is 1.32 bits per heavy atom. The minimum Gasteiger partial charge on any atom is -0.375 e. The predicted octanol–water partition coefficient (Wildman–Crippen LogP) is 2.65. The Kier molecular flexibility index (Phi) is 4.80. The summed E-state index contributed by atoms with van der Waals surface area (Å²) in [5.41, 5.74) is 1.68. The lowest BCUT2D eigenvalue weighted by Gasteiger charge is -2.16. The van der Waals surface area contributed by atoms with Gasteiger partial charge in [0.25, 0.3) is 5.91 Å². The number of hydrogen-bond donors (Lipinski definition) is 1. The summed E-state index contributed by atoms with van der Waals surface area (Å²) in [4.78, 5) is 18.7. The Bertz CT molecular complexity index is 645. The van der Waals surface area contributed by atoms with Gasteiger partial charge in [0.1, 0.15) is 0 Å². The molecule has 0 atom stereocenters. The van der Waals surface area contributed by atoms with Crippen LogP contribution in [0.25, 0.3) is 0 Å². The van der Waals surface area contributed by atoms with Gasteiger partial charge in [0, 0.05) is 37.8 Å². The second kappa shape index (κ2) is 6.60. The highest BCUT2D eigenvalue weighted by molar-refractivity contribution is 6.03. The van der Waals surface area contributed by atoms with Gasteiger partial charge in [0.05, 0.1) is 0 Å². The van der Waals surface area contributed by atoms with Crippen molar-refractivity contribution in [2.45, 2.75) is 26.7 Å². The largest absolute Gasteiger partial charge is 0.375 e. The standard InChI is InChI=1S/C16H23N5O/c1-6-20(4)13-9-7-12(8-10-13)15(22)18-16-17-14(11(2)3)19-21(16)5/h7-11H,6H2,1-5H3,(H,17,18,19,22). The molecule has 1 amide bonds. The third-order valence-corrected chi connectivity index (χ3v) is 3.57. The van der Waals surface area contributed by atoms with E-state index < -0.39 is 0 Å². The molecule has 0 saturated carbocycles. The first-order valence-electron chi connectivity index (χ1n) is 7.45. The van der Waals surface area contributed by atoms with Crippen LogP contribution in [0.1, 0.15) is 42.9 Å². The van der Waals surface area contributed by atoms with Gasteiger partial charge < -0.3 is 4.90 Å². The molecule has 1 aromatic heterocycles. The van der Waals surface area contributed by atoms with Gasteiger partial charge in [-0.2, -0.15) is 10.1 Å². The zero-order valence-electron chi connectivity index (χ0n) is 13.8. The van der Waals surface area contributed by atoms with Gasteiger partial charge in [-0.25, -0.2) is 4.68 Å². The van der Waals surface area contributed by atoms with Crippen LogP contribution in [-0.2, 0) is 7.05 Å². The number of hydrogen-bond acceptors (Lipinski definition) is 4. The van der Waals surface area contributed by atoms with Gasteiger partial charge in [-0.15, -0.1) is 0 Å². The molecule has 6 heteroatoms. The average Bonchev–Trinajstić information content (AvgIpc) is 2.88. The first-order chi connectivity index (χ1) is 10.4. The molecule has 22 heavy (non-hydrogen) atoms. The third kappa shape index (κ3) is 3.44. The SMILES string of the molecule is CCN(C)c1ccc(C(=O)Nc2nc(C(C)C)nn2C)cc1. The molecule has 0 unspecified atom stereocenters. The van der Waals surface area contributed by atoms with Crippen molar-refractivity contribution in [2.75, 3.05) is 23.8 Å². The quantitative estimate of drug-likeness (QED) is 0.922. The van der Waals surface area contributed by atoms with Gasteiger partial charge in [-0.05, 0) is 31.2 Å². The van der Waals surface area contributed by atoms with Crippen molar-refractivity contribution in [2.24, 2.45) is 7.05 Å². The molecule has 0 aliphatic carbocycles. The molecule has 0 radical (unpaired) electrons. The first-order valence-corrected chi connectivity index (χ1v) is 7.45. The molecule has 0 saturated heterocycles. The number of carbonyl (C=O) groups is 1. The smallest absolute Gasteiger partial charge is 0.258 e. The molecule has 1 N–H and O–H groups in total. The Labute approximate surface area is 131 Å². The van der Waals surface area contributed by atoms with Crippen molar-refractivity contribution in [3.05, 3.63) is 35.7 Å². The maximum atomic E-state index is 12.3. The summed E-state index contributed by atoms with van der Waals surface area (Å²) in [7, 11) is 3.79. The van der Waals surface area contributed by atoms with Gasteiger partial charge in [-0.1, -0.05) is 13.8 Å². The van der Waals surface area contributed by atoms with Crippen molar-refractivity contribution in [3.63, 3.8) is 0 Å². The fourth-order valence-electron chi connectivity index (χ4n) is 1.98. The third-order valence-electron chi connectivity index (χ3n) is 3.57. The zero-order valence-corrected chi connectivity index (χ0v) is 13.8. The molecule has 0 aliphatic heterocycles. The second-order valence-corrected chi connectivity index (χ2v) is 5.59. The van der Waals surface area contributed by atoms with Crippen LogP contribution in [0.5, 0.6) is 0 Å². The molecule has 2 rings (SSSR count). The molecule has 1 aromatic carbocycles. The topological polar surface area (TPSA) is 63.1 Å². The number of nitrogens with zero attached hydrogens (tertiary/aromatic N) is 4.